The molecule has 0 aliphatic heterocycles. The molecule has 5 nitrogen and oxygen atoms in total. The molecule has 0 aliphatic rings. The van der Waals surface area contributed by atoms with E-state index in [0.29, 0.717) is 11.6 Å². The van der Waals surface area contributed by atoms with Crippen LogP contribution in [0.3, 0.4) is 0 Å². The molecule has 19 heavy (non-hydrogen) atoms. The molecule has 2 aromatic heterocycles. The van der Waals surface area contributed by atoms with Gasteiger partial charge in [0.15, 0.2) is 5.82 Å². The second-order valence-electron chi connectivity index (χ2n) is 5.74. The summed E-state index contributed by atoms with van der Waals surface area (Å²) in [6.07, 6.45) is 4.80. The molecule has 0 aromatic carbocycles. The topological polar surface area (TPSA) is 69.6 Å². The predicted octanol–water partition coefficient (Wildman–Crippen LogP) is 2.63. The fourth-order valence-corrected chi connectivity index (χ4v) is 1.81. The van der Waals surface area contributed by atoms with E-state index in [1.54, 1.807) is 6.20 Å². The smallest absolute Gasteiger partial charge is 0.164 e. The number of nitrogens with two attached hydrogens (primary N) is 1. The molecule has 0 aliphatic carbocycles. The second-order valence-corrected chi connectivity index (χ2v) is 5.74. The first-order valence-corrected chi connectivity index (χ1v) is 6.58. The third kappa shape index (κ3) is 3.10. The van der Waals surface area contributed by atoms with Crippen LogP contribution < -0.4 is 5.73 Å². The van der Waals surface area contributed by atoms with Crippen LogP contribution >= 0.6 is 0 Å². The summed E-state index contributed by atoms with van der Waals surface area (Å²) in [4.78, 5) is 8.91. The molecule has 2 N–H and O–H groups in total. The lowest BCUT2D eigenvalue weighted by molar-refractivity contribution is 0.568. The largest absolute Gasteiger partial charge is 0.384 e. The molecule has 2 heterocycles. The Hall–Kier alpha value is -1.91. The van der Waals surface area contributed by atoms with E-state index in [-0.39, 0.29) is 5.41 Å². The number of nitrogens with zero attached hydrogens (tertiary/aromatic N) is 4. The van der Waals surface area contributed by atoms with Crippen molar-refractivity contribution in [2.45, 2.75) is 46.1 Å². The molecule has 0 spiro atoms. The zero-order valence-corrected chi connectivity index (χ0v) is 12.0. The summed E-state index contributed by atoms with van der Waals surface area (Å²) >= 11 is 0. The Kier molecular flexibility index (Phi) is 3.55. The first kappa shape index (κ1) is 13.5. The maximum Gasteiger partial charge on any atom is 0.164 e. The predicted molar refractivity (Wildman–Crippen MR) is 76.7 cm³/mol. The molecule has 0 saturated heterocycles. The van der Waals surface area contributed by atoms with Crippen LogP contribution in [0.4, 0.5) is 5.82 Å². The maximum absolute atomic E-state index is 5.88. The van der Waals surface area contributed by atoms with Gasteiger partial charge >= 0.3 is 0 Å². The quantitative estimate of drug-likeness (QED) is 0.920. The standard InChI is InChI=1S/C14H21N5/c1-5-6-19-9-10(8-16-19)13-17-11(14(2,3)4)7-12(15)18-13/h7-9H,5-6H2,1-4H3,(H2,15,17,18). The van der Waals surface area contributed by atoms with Crippen molar-refractivity contribution < 1.29 is 0 Å². The summed E-state index contributed by atoms with van der Waals surface area (Å²) in [6, 6.07) is 1.83. The first-order valence-electron chi connectivity index (χ1n) is 6.58. The lowest BCUT2D eigenvalue weighted by Crippen LogP contribution is -2.15. The van der Waals surface area contributed by atoms with E-state index in [1.807, 2.05) is 16.9 Å². The summed E-state index contributed by atoms with van der Waals surface area (Å²) < 4.78 is 1.90. The van der Waals surface area contributed by atoms with Crippen molar-refractivity contribution in [3.8, 4) is 11.4 Å². The highest BCUT2D eigenvalue weighted by atomic mass is 15.3. The van der Waals surface area contributed by atoms with E-state index >= 15 is 0 Å². The normalized spacial score (nSPS) is 11.8. The van der Waals surface area contributed by atoms with Gasteiger partial charge in [-0.25, -0.2) is 9.97 Å². The average Bonchev–Trinajstić information content (AvgIpc) is 2.76. The highest BCUT2D eigenvalue weighted by Gasteiger charge is 2.18. The van der Waals surface area contributed by atoms with Crippen LogP contribution in [0.1, 0.15) is 39.8 Å². The minimum atomic E-state index is -0.0504. The number of hydrogen-bond donors (Lipinski definition) is 1. The monoisotopic (exact) mass is 259 g/mol. The molecule has 0 bridgehead atoms. The van der Waals surface area contributed by atoms with Gasteiger partial charge in [0.1, 0.15) is 5.82 Å². The maximum atomic E-state index is 5.88. The van der Waals surface area contributed by atoms with Crippen LogP contribution in [0.2, 0.25) is 0 Å². The lowest BCUT2D eigenvalue weighted by Gasteiger charge is -2.18. The van der Waals surface area contributed by atoms with Gasteiger partial charge in [-0.05, 0) is 6.42 Å². The number of nitrogen functional groups attached to an aromatic ring is 1. The van der Waals surface area contributed by atoms with Crippen molar-refractivity contribution in [2.24, 2.45) is 0 Å². The van der Waals surface area contributed by atoms with Crippen LogP contribution in [0.5, 0.6) is 0 Å². The Morgan fingerprint density at radius 1 is 1.26 bits per heavy atom. The van der Waals surface area contributed by atoms with Gasteiger partial charge in [-0.2, -0.15) is 5.10 Å². The summed E-state index contributed by atoms with van der Waals surface area (Å²) in [6.45, 7) is 9.35. The van der Waals surface area contributed by atoms with Crippen molar-refractivity contribution in [1.82, 2.24) is 19.7 Å². The summed E-state index contributed by atoms with van der Waals surface area (Å²) in [5, 5.41) is 4.30. The number of hydrogen-bond acceptors (Lipinski definition) is 4. The molecule has 0 unspecified atom stereocenters. The molecular formula is C14H21N5. The van der Waals surface area contributed by atoms with Crippen molar-refractivity contribution in [1.29, 1.82) is 0 Å². The Balaban J connectivity index is 2.41. The van der Waals surface area contributed by atoms with E-state index in [4.69, 9.17) is 5.73 Å². The van der Waals surface area contributed by atoms with Crippen molar-refractivity contribution in [3.05, 3.63) is 24.2 Å². The minimum absolute atomic E-state index is 0.0504. The first-order chi connectivity index (χ1) is 8.90. The third-order valence-electron chi connectivity index (χ3n) is 2.86. The highest BCUT2D eigenvalue weighted by molar-refractivity contribution is 5.55. The van der Waals surface area contributed by atoms with Crippen LogP contribution in [-0.4, -0.2) is 19.7 Å². The van der Waals surface area contributed by atoms with Crippen molar-refractivity contribution >= 4 is 5.82 Å². The van der Waals surface area contributed by atoms with Crippen molar-refractivity contribution in [3.63, 3.8) is 0 Å². The average molecular weight is 259 g/mol. The molecule has 2 rings (SSSR count). The zero-order chi connectivity index (χ0) is 14.0. The SMILES string of the molecule is CCCn1cc(-c2nc(N)cc(C(C)(C)C)n2)cn1. The third-order valence-corrected chi connectivity index (χ3v) is 2.86. The van der Waals surface area contributed by atoms with Gasteiger partial charge in [-0.1, -0.05) is 27.7 Å². The van der Waals surface area contributed by atoms with Gasteiger partial charge in [0.25, 0.3) is 0 Å². The minimum Gasteiger partial charge on any atom is -0.384 e. The Morgan fingerprint density at radius 3 is 2.63 bits per heavy atom. The molecular weight excluding hydrogens is 238 g/mol. The number of anilines is 1. The van der Waals surface area contributed by atoms with Gasteiger partial charge in [0, 0.05) is 24.2 Å². The van der Waals surface area contributed by atoms with Crippen LogP contribution in [0, 0.1) is 0 Å². The zero-order valence-electron chi connectivity index (χ0n) is 12.0. The van der Waals surface area contributed by atoms with E-state index in [0.717, 1.165) is 24.2 Å². The van der Waals surface area contributed by atoms with E-state index in [9.17, 15) is 0 Å². The summed E-state index contributed by atoms with van der Waals surface area (Å²) in [5.41, 5.74) is 7.68. The lowest BCUT2D eigenvalue weighted by atomic mass is 9.92. The van der Waals surface area contributed by atoms with Gasteiger partial charge in [-0.3, -0.25) is 4.68 Å². The van der Waals surface area contributed by atoms with E-state index < -0.39 is 0 Å². The van der Waals surface area contributed by atoms with Gasteiger partial charge in [0.2, 0.25) is 0 Å². The summed E-state index contributed by atoms with van der Waals surface area (Å²) in [7, 11) is 0. The van der Waals surface area contributed by atoms with Crippen LogP contribution in [0.15, 0.2) is 18.5 Å². The van der Waals surface area contributed by atoms with Gasteiger partial charge in [-0.15, -0.1) is 0 Å². The molecule has 0 fully saturated rings. The molecule has 102 valence electrons. The molecule has 2 aromatic rings. The van der Waals surface area contributed by atoms with Gasteiger partial charge in [0.05, 0.1) is 17.5 Å². The fraction of sp³-hybridized carbons (Fsp3) is 0.500. The number of aryl methyl sites for hydroxylation is 1. The van der Waals surface area contributed by atoms with Crippen LogP contribution in [-0.2, 0) is 12.0 Å². The Morgan fingerprint density at radius 2 is 2.00 bits per heavy atom. The Bertz CT molecular complexity index is 565. The molecule has 0 amide bonds. The van der Waals surface area contributed by atoms with E-state index in [1.165, 1.54) is 0 Å². The van der Waals surface area contributed by atoms with Gasteiger partial charge < -0.3 is 5.73 Å². The second kappa shape index (κ2) is 4.99. The van der Waals surface area contributed by atoms with Crippen LogP contribution in [0.25, 0.3) is 11.4 Å². The highest BCUT2D eigenvalue weighted by Crippen LogP contribution is 2.24. The summed E-state index contributed by atoms with van der Waals surface area (Å²) in [5.74, 6) is 1.14. The molecule has 0 radical (unpaired) electrons. The fourth-order valence-electron chi connectivity index (χ4n) is 1.81. The number of aromatic nitrogens is 4. The molecule has 0 atom stereocenters. The van der Waals surface area contributed by atoms with Crippen molar-refractivity contribution in [2.75, 3.05) is 5.73 Å². The number of rotatable bonds is 3. The van der Waals surface area contributed by atoms with E-state index in [2.05, 4.69) is 42.8 Å². The molecule has 0 saturated carbocycles. The molecule has 5 heteroatoms. The Labute approximate surface area is 113 Å².